The highest BCUT2D eigenvalue weighted by Gasteiger charge is 2.13. The molecule has 158 valence electrons. The Morgan fingerprint density at radius 3 is 2.61 bits per heavy atom. The number of halogens is 1. The number of benzene rings is 2. The van der Waals surface area contributed by atoms with E-state index in [0.717, 1.165) is 15.8 Å². The van der Waals surface area contributed by atoms with E-state index >= 15 is 0 Å². The number of hydrogen-bond donors (Lipinski definition) is 2. The van der Waals surface area contributed by atoms with Gasteiger partial charge in [-0.05, 0) is 67.4 Å². The number of aryl methyl sites for hydroxylation is 2. The Labute approximate surface area is 187 Å². The Morgan fingerprint density at radius 1 is 1.13 bits per heavy atom. The molecule has 0 aliphatic rings. The van der Waals surface area contributed by atoms with Crippen LogP contribution in [0.15, 0.2) is 53.1 Å². The van der Waals surface area contributed by atoms with Gasteiger partial charge in [-0.1, -0.05) is 22.9 Å². The van der Waals surface area contributed by atoms with E-state index in [0.29, 0.717) is 27.1 Å². The summed E-state index contributed by atoms with van der Waals surface area (Å²) in [7, 11) is 0. The Morgan fingerprint density at radius 2 is 1.90 bits per heavy atom. The number of fused-ring (bicyclic) bond motifs is 1. The number of thiazole rings is 1. The van der Waals surface area contributed by atoms with Crippen molar-refractivity contribution in [2.45, 2.75) is 13.8 Å². The van der Waals surface area contributed by atoms with Crippen molar-refractivity contribution in [3.05, 3.63) is 70.6 Å². The summed E-state index contributed by atoms with van der Waals surface area (Å²) in [5.41, 5.74) is 3.10. The zero-order chi connectivity index (χ0) is 22.0. The van der Waals surface area contributed by atoms with E-state index in [2.05, 4.69) is 15.6 Å². The van der Waals surface area contributed by atoms with E-state index in [9.17, 15) is 9.59 Å². The number of nitrogens with zero attached hydrogens (tertiary/aromatic N) is 1. The number of anilines is 2. The van der Waals surface area contributed by atoms with Crippen LogP contribution in [0.5, 0.6) is 5.75 Å². The summed E-state index contributed by atoms with van der Waals surface area (Å²) in [5, 5.41) is 6.64. The molecule has 2 amide bonds. The molecule has 0 aliphatic heterocycles. The van der Waals surface area contributed by atoms with Crippen LogP contribution in [0.4, 0.5) is 10.8 Å². The van der Waals surface area contributed by atoms with Crippen molar-refractivity contribution in [2.75, 3.05) is 17.2 Å². The Kier molecular flexibility index (Phi) is 5.92. The van der Waals surface area contributed by atoms with Crippen molar-refractivity contribution in [2.24, 2.45) is 0 Å². The highest BCUT2D eigenvalue weighted by Crippen LogP contribution is 2.29. The van der Waals surface area contributed by atoms with E-state index in [1.54, 1.807) is 42.5 Å². The molecule has 9 heteroatoms. The van der Waals surface area contributed by atoms with Crippen LogP contribution < -0.4 is 15.4 Å². The SMILES string of the molecule is Cc1cc(OCC(=O)Nc2ccc3nc(NC(=O)c4ccco4)sc3c2)cc(C)c1Cl. The van der Waals surface area contributed by atoms with Crippen molar-refractivity contribution >= 4 is 55.8 Å². The largest absolute Gasteiger partial charge is 0.484 e. The molecule has 2 aromatic heterocycles. The Hall–Kier alpha value is -3.36. The van der Waals surface area contributed by atoms with Crippen LogP contribution in [-0.4, -0.2) is 23.4 Å². The molecule has 4 rings (SSSR count). The first-order valence-electron chi connectivity index (χ1n) is 9.34. The summed E-state index contributed by atoms with van der Waals surface area (Å²) in [6, 6.07) is 12.1. The fourth-order valence-corrected chi connectivity index (χ4v) is 3.97. The molecule has 0 aliphatic carbocycles. The highest BCUT2D eigenvalue weighted by molar-refractivity contribution is 7.22. The number of furan rings is 1. The van der Waals surface area contributed by atoms with Crippen molar-refractivity contribution in [3.63, 3.8) is 0 Å². The van der Waals surface area contributed by atoms with Gasteiger partial charge in [0.25, 0.3) is 11.8 Å². The summed E-state index contributed by atoms with van der Waals surface area (Å²) in [5.74, 6) is 0.130. The molecular formula is C22H18ClN3O4S. The predicted molar refractivity (Wildman–Crippen MR) is 121 cm³/mol. The molecule has 0 bridgehead atoms. The molecule has 2 heterocycles. The molecule has 7 nitrogen and oxygen atoms in total. The minimum atomic E-state index is -0.373. The summed E-state index contributed by atoms with van der Waals surface area (Å²) in [6.45, 7) is 3.64. The maximum absolute atomic E-state index is 12.3. The number of nitrogens with one attached hydrogen (secondary N) is 2. The number of hydrogen-bond acceptors (Lipinski definition) is 6. The molecule has 0 saturated carbocycles. The van der Waals surface area contributed by atoms with Gasteiger partial charge in [0.15, 0.2) is 17.5 Å². The summed E-state index contributed by atoms with van der Waals surface area (Å²) >= 11 is 7.46. The first-order valence-corrected chi connectivity index (χ1v) is 10.5. The van der Waals surface area contributed by atoms with Gasteiger partial charge in [0, 0.05) is 10.7 Å². The molecule has 0 atom stereocenters. The highest BCUT2D eigenvalue weighted by atomic mass is 35.5. The van der Waals surface area contributed by atoms with Gasteiger partial charge in [-0.25, -0.2) is 4.98 Å². The first-order chi connectivity index (χ1) is 14.9. The number of aromatic nitrogens is 1. The van der Waals surface area contributed by atoms with Crippen molar-refractivity contribution < 1.29 is 18.7 Å². The lowest BCUT2D eigenvalue weighted by Gasteiger charge is -2.10. The summed E-state index contributed by atoms with van der Waals surface area (Å²) < 4.78 is 11.5. The van der Waals surface area contributed by atoms with Gasteiger partial charge in [-0.15, -0.1) is 0 Å². The molecule has 4 aromatic rings. The average molecular weight is 456 g/mol. The molecule has 0 radical (unpaired) electrons. The van der Waals surface area contributed by atoms with E-state index in [1.807, 2.05) is 13.8 Å². The lowest BCUT2D eigenvalue weighted by molar-refractivity contribution is -0.118. The molecule has 31 heavy (non-hydrogen) atoms. The van der Waals surface area contributed by atoms with Crippen LogP contribution in [0.25, 0.3) is 10.2 Å². The first kappa shape index (κ1) is 20.9. The maximum Gasteiger partial charge on any atom is 0.293 e. The number of ether oxygens (including phenoxy) is 1. The standard InChI is InChI=1S/C22H18ClN3O4S/c1-12-8-15(9-13(2)20(12)23)30-11-19(27)24-14-5-6-16-18(10-14)31-22(25-16)26-21(28)17-4-3-7-29-17/h3-10H,11H2,1-2H3,(H,24,27)(H,25,26,28). The second-order valence-corrected chi connectivity index (χ2v) is 8.25. The van der Waals surface area contributed by atoms with Gasteiger partial charge in [-0.2, -0.15) is 0 Å². The lowest BCUT2D eigenvalue weighted by Crippen LogP contribution is -2.20. The lowest BCUT2D eigenvalue weighted by atomic mass is 10.1. The minimum absolute atomic E-state index is 0.133. The topological polar surface area (TPSA) is 93.5 Å². The third kappa shape index (κ3) is 4.87. The normalized spacial score (nSPS) is 10.8. The molecule has 2 N–H and O–H groups in total. The second-order valence-electron chi connectivity index (χ2n) is 6.84. The number of rotatable bonds is 6. The van der Waals surface area contributed by atoms with Crippen LogP contribution in [0, 0.1) is 13.8 Å². The van der Waals surface area contributed by atoms with E-state index in [1.165, 1.54) is 17.6 Å². The van der Waals surface area contributed by atoms with E-state index in [4.69, 9.17) is 20.8 Å². The molecule has 0 spiro atoms. The molecule has 0 fully saturated rings. The zero-order valence-electron chi connectivity index (χ0n) is 16.7. The van der Waals surface area contributed by atoms with Gasteiger partial charge >= 0.3 is 0 Å². The Balaban J connectivity index is 1.39. The number of amides is 2. The van der Waals surface area contributed by atoms with Crippen molar-refractivity contribution in [3.8, 4) is 5.75 Å². The third-order valence-electron chi connectivity index (χ3n) is 4.42. The van der Waals surface area contributed by atoms with Gasteiger partial charge in [-0.3, -0.25) is 14.9 Å². The molecular weight excluding hydrogens is 438 g/mol. The average Bonchev–Trinajstić information content (AvgIpc) is 3.39. The quantitative estimate of drug-likeness (QED) is 0.404. The zero-order valence-corrected chi connectivity index (χ0v) is 18.3. The van der Waals surface area contributed by atoms with E-state index < -0.39 is 0 Å². The fraction of sp³-hybridized carbons (Fsp3) is 0.136. The summed E-state index contributed by atoms with van der Waals surface area (Å²) in [6.07, 6.45) is 1.43. The Bertz CT molecular complexity index is 1240. The van der Waals surface area contributed by atoms with Crippen LogP contribution in [0.3, 0.4) is 0 Å². The van der Waals surface area contributed by atoms with Crippen molar-refractivity contribution in [1.29, 1.82) is 0 Å². The van der Waals surface area contributed by atoms with Gasteiger partial charge in [0.05, 0.1) is 16.5 Å². The molecule has 0 unspecified atom stereocenters. The smallest absolute Gasteiger partial charge is 0.293 e. The van der Waals surface area contributed by atoms with Crippen LogP contribution in [0.2, 0.25) is 5.02 Å². The van der Waals surface area contributed by atoms with E-state index in [-0.39, 0.29) is 24.2 Å². The van der Waals surface area contributed by atoms with Crippen LogP contribution in [-0.2, 0) is 4.79 Å². The number of carbonyl (C=O) groups is 2. The van der Waals surface area contributed by atoms with Gasteiger partial charge < -0.3 is 14.5 Å². The van der Waals surface area contributed by atoms with Crippen molar-refractivity contribution in [1.82, 2.24) is 4.98 Å². The van der Waals surface area contributed by atoms with Crippen LogP contribution in [0.1, 0.15) is 21.7 Å². The monoisotopic (exact) mass is 455 g/mol. The summed E-state index contributed by atoms with van der Waals surface area (Å²) in [4.78, 5) is 28.8. The van der Waals surface area contributed by atoms with Gasteiger partial charge in [0.1, 0.15) is 5.75 Å². The molecule has 2 aromatic carbocycles. The molecule has 0 saturated heterocycles. The van der Waals surface area contributed by atoms with Gasteiger partial charge in [0.2, 0.25) is 0 Å². The second kappa shape index (κ2) is 8.79. The fourth-order valence-electron chi connectivity index (χ4n) is 2.96. The predicted octanol–water partition coefficient (Wildman–Crippen LogP) is 5.43. The maximum atomic E-state index is 12.3. The third-order valence-corrected chi connectivity index (χ3v) is 5.95. The minimum Gasteiger partial charge on any atom is -0.484 e. The number of carbonyl (C=O) groups excluding carboxylic acids is 2. The van der Waals surface area contributed by atoms with Crippen LogP contribution >= 0.6 is 22.9 Å².